The summed E-state index contributed by atoms with van der Waals surface area (Å²) < 4.78 is 12.8. The molecule has 0 spiro atoms. The van der Waals surface area contributed by atoms with Crippen molar-refractivity contribution in [2.75, 3.05) is 6.79 Å². The zero-order valence-electron chi connectivity index (χ0n) is 16.2. The zero-order valence-corrected chi connectivity index (χ0v) is 17.0. The zero-order chi connectivity index (χ0) is 20.3. The van der Waals surface area contributed by atoms with Gasteiger partial charge in [0, 0.05) is 30.5 Å². The van der Waals surface area contributed by atoms with Crippen molar-refractivity contribution in [2.24, 2.45) is 0 Å². The van der Waals surface area contributed by atoms with Gasteiger partial charge in [0.15, 0.2) is 17.1 Å². The van der Waals surface area contributed by atoms with Crippen LogP contribution in [0.25, 0.3) is 11.2 Å². The van der Waals surface area contributed by atoms with Gasteiger partial charge in [-0.25, -0.2) is 9.97 Å². The molecule has 4 heterocycles. The fourth-order valence-electron chi connectivity index (χ4n) is 3.49. The third kappa shape index (κ3) is 3.86. The van der Waals surface area contributed by atoms with Gasteiger partial charge in [0.1, 0.15) is 11.3 Å². The third-order valence-corrected chi connectivity index (χ3v) is 5.84. The summed E-state index contributed by atoms with van der Waals surface area (Å²) in [5, 5.41) is 5.03. The molecule has 1 aromatic carbocycles. The number of rotatable bonds is 7. The van der Waals surface area contributed by atoms with Crippen LogP contribution in [0.2, 0.25) is 0 Å². The van der Waals surface area contributed by atoms with Crippen LogP contribution < -0.4 is 14.8 Å². The van der Waals surface area contributed by atoms with Crippen molar-refractivity contribution in [3.05, 3.63) is 70.3 Å². The molecular formula is C22H20N4O3S. The highest BCUT2D eigenvalue weighted by Crippen LogP contribution is 2.32. The summed E-state index contributed by atoms with van der Waals surface area (Å²) in [5.41, 5.74) is 2.67. The van der Waals surface area contributed by atoms with E-state index in [4.69, 9.17) is 14.5 Å². The molecule has 8 heteroatoms. The Morgan fingerprint density at radius 1 is 1.17 bits per heavy atom. The van der Waals surface area contributed by atoms with Gasteiger partial charge < -0.3 is 19.4 Å². The number of thiophene rings is 1. The number of benzene rings is 1. The lowest BCUT2D eigenvalue weighted by Crippen LogP contribution is -2.23. The Morgan fingerprint density at radius 2 is 2.10 bits per heavy atom. The first-order valence-electron chi connectivity index (χ1n) is 9.74. The van der Waals surface area contributed by atoms with Crippen LogP contribution in [0.4, 0.5) is 0 Å². The summed E-state index contributed by atoms with van der Waals surface area (Å²) in [5.74, 6) is 2.31. The highest BCUT2D eigenvalue weighted by atomic mass is 32.1. The molecule has 0 saturated heterocycles. The predicted octanol–water partition coefficient (Wildman–Crippen LogP) is 3.52. The molecule has 0 saturated carbocycles. The number of aromatic nitrogens is 3. The van der Waals surface area contributed by atoms with Crippen LogP contribution in [0, 0.1) is 0 Å². The number of hydrogen-bond acceptors (Lipinski definition) is 6. The van der Waals surface area contributed by atoms with E-state index >= 15 is 0 Å². The van der Waals surface area contributed by atoms with Gasteiger partial charge in [0.05, 0.1) is 6.54 Å². The van der Waals surface area contributed by atoms with Crippen molar-refractivity contribution in [2.45, 2.75) is 25.9 Å². The number of nitrogens with zero attached hydrogens (tertiary/aromatic N) is 3. The van der Waals surface area contributed by atoms with E-state index in [-0.39, 0.29) is 12.7 Å². The number of aryl methyl sites for hydroxylation is 1. The van der Waals surface area contributed by atoms with Gasteiger partial charge in [-0.15, -0.1) is 11.3 Å². The Balaban J connectivity index is 1.25. The number of fused-ring (bicyclic) bond motifs is 2. The van der Waals surface area contributed by atoms with Crippen molar-refractivity contribution in [3.63, 3.8) is 0 Å². The maximum atomic E-state index is 12.4. The average molecular weight is 420 g/mol. The Kier molecular flexibility index (Phi) is 5.06. The molecule has 4 aromatic rings. The number of nitrogens with one attached hydrogen (secondary N) is 1. The van der Waals surface area contributed by atoms with Crippen LogP contribution in [0.1, 0.15) is 22.7 Å². The van der Waals surface area contributed by atoms with Crippen molar-refractivity contribution in [1.82, 2.24) is 19.9 Å². The maximum Gasteiger partial charge on any atom is 0.231 e. The summed E-state index contributed by atoms with van der Waals surface area (Å²) in [6, 6.07) is 13.7. The molecular weight excluding hydrogens is 400 g/mol. The SMILES string of the molecule is O=C(CCc1nc2cccnc2n1Cc1cccs1)NCc1ccc2c(c1)OCO2. The highest BCUT2D eigenvalue weighted by molar-refractivity contribution is 7.09. The first-order valence-corrected chi connectivity index (χ1v) is 10.6. The average Bonchev–Trinajstić information content (AvgIpc) is 3.51. The number of pyridine rings is 1. The Labute approximate surface area is 177 Å². The Morgan fingerprint density at radius 3 is 3.00 bits per heavy atom. The molecule has 0 unspecified atom stereocenters. The number of hydrogen-bond donors (Lipinski definition) is 1. The van der Waals surface area contributed by atoms with Crippen LogP contribution in [-0.4, -0.2) is 27.2 Å². The number of carbonyl (C=O) groups is 1. The van der Waals surface area contributed by atoms with Crippen LogP contribution in [0.3, 0.4) is 0 Å². The van der Waals surface area contributed by atoms with Gasteiger partial charge in [0.25, 0.3) is 0 Å². The number of carbonyl (C=O) groups excluding carboxylic acids is 1. The predicted molar refractivity (Wildman–Crippen MR) is 114 cm³/mol. The lowest BCUT2D eigenvalue weighted by Gasteiger charge is -2.08. The monoisotopic (exact) mass is 420 g/mol. The van der Waals surface area contributed by atoms with Crippen molar-refractivity contribution >= 4 is 28.4 Å². The molecule has 30 heavy (non-hydrogen) atoms. The first-order chi connectivity index (χ1) is 14.8. The molecule has 7 nitrogen and oxygen atoms in total. The second kappa shape index (κ2) is 8.16. The van der Waals surface area contributed by atoms with Crippen molar-refractivity contribution in [3.8, 4) is 11.5 Å². The molecule has 1 aliphatic rings. The molecule has 0 bridgehead atoms. The third-order valence-electron chi connectivity index (χ3n) is 4.98. The summed E-state index contributed by atoms with van der Waals surface area (Å²) in [4.78, 5) is 22.9. The Bertz CT molecular complexity index is 1190. The molecule has 0 radical (unpaired) electrons. The van der Waals surface area contributed by atoms with Crippen molar-refractivity contribution in [1.29, 1.82) is 0 Å². The van der Waals surface area contributed by atoms with Gasteiger partial charge in [-0.1, -0.05) is 12.1 Å². The van der Waals surface area contributed by atoms with E-state index in [2.05, 4.69) is 26.3 Å². The molecule has 1 amide bonds. The summed E-state index contributed by atoms with van der Waals surface area (Å²) in [6.07, 6.45) is 2.68. The minimum atomic E-state index is -0.0182. The van der Waals surface area contributed by atoms with Crippen LogP contribution in [0.5, 0.6) is 11.5 Å². The Hall–Kier alpha value is -3.39. The van der Waals surface area contributed by atoms with Crippen LogP contribution >= 0.6 is 11.3 Å². The summed E-state index contributed by atoms with van der Waals surface area (Å²) in [6.45, 7) is 1.40. The fraction of sp³-hybridized carbons (Fsp3) is 0.227. The molecule has 152 valence electrons. The lowest BCUT2D eigenvalue weighted by atomic mass is 10.2. The molecule has 0 aliphatic carbocycles. The van der Waals surface area contributed by atoms with Gasteiger partial charge in [-0.05, 0) is 41.3 Å². The molecule has 5 rings (SSSR count). The number of amides is 1. The van der Waals surface area contributed by atoms with Crippen molar-refractivity contribution < 1.29 is 14.3 Å². The van der Waals surface area contributed by atoms with Gasteiger partial charge in [-0.2, -0.15) is 0 Å². The summed E-state index contributed by atoms with van der Waals surface area (Å²) >= 11 is 1.70. The smallest absolute Gasteiger partial charge is 0.231 e. The van der Waals surface area contributed by atoms with E-state index in [0.29, 0.717) is 25.9 Å². The van der Waals surface area contributed by atoms with E-state index < -0.39 is 0 Å². The van der Waals surface area contributed by atoms with Gasteiger partial charge in [-0.3, -0.25) is 4.79 Å². The quantitative estimate of drug-likeness (QED) is 0.495. The molecule has 1 aliphatic heterocycles. The fourth-order valence-corrected chi connectivity index (χ4v) is 4.18. The first kappa shape index (κ1) is 18.6. The standard InChI is InChI=1S/C22H20N4O3S/c27-21(24-12-15-5-6-18-19(11-15)29-14-28-18)8-7-20-25-17-4-1-9-23-22(17)26(20)13-16-3-2-10-30-16/h1-6,9-11H,7-8,12-14H2,(H,24,27). The highest BCUT2D eigenvalue weighted by Gasteiger charge is 2.15. The topological polar surface area (TPSA) is 78.3 Å². The van der Waals surface area contributed by atoms with Crippen LogP contribution in [-0.2, 0) is 24.3 Å². The van der Waals surface area contributed by atoms with E-state index in [1.165, 1.54) is 4.88 Å². The van der Waals surface area contributed by atoms with E-state index in [9.17, 15) is 4.79 Å². The maximum absolute atomic E-state index is 12.4. The number of imidazole rings is 1. The second-order valence-electron chi connectivity index (χ2n) is 7.00. The van der Waals surface area contributed by atoms with E-state index in [1.54, 1.807) is 17.5 Å². The van der Waals surface area contributed by atoms with E-state index in [0.717, 1.165) is 34.1 Å². The normalized spacial score (nSPS) is 12.4. The lowest BCUT2D eigenvalue weighted by molar-refractivity contribution is -0.121. The van der Waals surface area contributed by atoms with Crippen LogP contribution in [0.15, 0.2) is 54.0 Å². The second-order valence-corrected chi connectivity index (χ2v) is 8.04. The minimum Gasteiger partial charge on any atom is -0.454 e. The van der Waals surface area contributed by atoms with E-state index in [1.807, 2.05) is 36.4 Å². The molecule has 0 fully saturated rings. The van der Waals surface area contributed by atoms with Gasteiger partial charge >= 0.3 is 0 Å². The molecule has 3 aromatic heterocycles. The largest absolute Gasteiger partial charge is 0.454 e. The molecule has 1 N–H and O–H groups in total. The number of ether oxygens (including phenoxy) is 2. The minimum absolute atomic E-state index is 0.0182. The van der Waals surface area contributed by atoms with Gasteiger partial charge in [0.2, 0.25) is 12.7 Å². The molecule has 0 atom stereocenters. The summed E-state index contributed by atoms with van der Waals surface area (Å²) in [7, 11) is 0.